The fraction of sp³-hybridized carbons (Fsp3) is 0.538. The van der Waals surface area contributed by atoms with E-state index in [1.54, 1.807) is 6.20 Å². The third-order valence-electron chi connectivity index (χ3n) is 2.60. The Bertz CT molecular complexity index is 407. The van der Waals surface area contributed by atoms with Gasteiger partial charge in [0.15, 0.2) is 0 Å². The summed E-state index contributed by atoms with van der Waals surface area (Å²) >= 11 is -1.20. The Hall–Kier alpha value is -0.870. The normalized spacial score (nSPS) is 19.2. The van der Waals surface area contributed by atoms with Gasteiger partial charge in [-0.05, 0) is 45.7 Å². The first-order valence-electron chi connectivity index (χ1n) is 5.90. The van der Waals surface area contributed by atoms with Crippen LogP contribution in [0.25, 0.3) is 0 Å². The molecule has 92 valence electrons. The van der Waals surface area contributed by atoms with Gasteiger partial charge in [0.05, 0.1) is 5.69 Å². The molecule has 1 atom stereocenters. The van der Waals surface area contributed by atoms with Crippen molar-refractivity contribution >= 4 is 17.1 Å². The monoisotopic (exact) mass is 250 g/mol. The Morgan fingerprint density at radius 1 is 1.41 bits per heavy atom. The molecular weight excluding hydrogens is 232 g/mol. The first-order chi connectivity index (χ1) is 7.98. The molecule has 1 aliphatic carbocycles. The van der Waals surface area contributed by atoms with E-state index in [0.29, 0.717) is 5.92 Å². The van der Waals surface area contributed by atoms with Crippen LogP contribution in [-0.4, -0.2) is 20.0 Å². The standard InChI is InChI=1S/C13H18N2OS/c1-13(2,3)17(16)15-12(10-7-8-10)11-6-4-5-9-14-11/h4-6,9-10H,7-8H2,1-3H3/b15-12+/t17-/m0/s1. The van der Waals surface area contributed by atoms with E-state index >= 15 is 0 Å². The van der Waals surface area contributed by atoms with Crippen molar-refractivity contribution in [1.82, 2.24) is 4.98 Å². The molecule has 0 aromatic carbocycles. The quantitative estimate of drug-likeness (QED) is 0.611. The third kappa shape index (κ3) is 3.30. The molecule has 1 heterocycles. The van der Waals surface area contributed by atoms with Crippen LogP contribution in [0, 0.1) is 5.92 Å². The predicted molar refractivity (Wildman–Crippen MR) is 71.4 cm³/mol. The van der Waals surface area contributed by atoms with Gasteiger partial charge in [-0.2, -0.15) is 0 Å². The lowest BCUT2D eigenvalue weighted by Crippen LogP contribution is -2.27. The van der Waals surface area contributed by atoms with Crippen molar-refractivity contribution in [2.75, 3.05) is 0 Å². The maximum Gasteiger partial charge on any atom is 0.144 e. The van der Waals surface area contributed by atoms with Crippen molar-refractivity contribution < 1.29 is 4.55 Å². The van der Waals surface area contributed by atoms with Crippen LogP contribution >= 0.6 is 0 Å². The second-order valence-electron chi connectivity index (χ2n) is 5.33. The van der Waals surface area contributed by atoms with E-state index in [2.05, 4.69) is 9.38 Å². The largest absolute Gasteiger partial charge is 0.591 e. The molecule has 0 aliphatic heterocycles. The van der Waals surface area contributed by atoms with Gasteiger partial charge in [-0.15, -0.1) is 0 Å². The Morgan fingerprint density at radius 2 is 2.12 bits per heavy atom. The third-order valence-corrected chi connectivity index (χ3v) is 4.01. The predicted octanol–water partition coefficient (Wildman–Crippen LogP) is 2.74. The highest BCUT2D eigenvalue weighted by atomic mass is 32.2. The molecule has 1 fully saturated rings. The van der Waals surface area contributed by atoms with E-state index < -0.39 is 11.4 Å². The van der Waals surface area contributed by atoms with E-state index in [-0.39, 0.29) is 4.75 Å². The fourth-order valence-electron chi connectivity index (χ4n) is 1.43. The topological polar surface area (TPSA) is 48.3 Å². The van der Waals surface area contributed by atoms with Crippen molar-refractivity contribution in [2.24, 2.45) is 10.3 Å². The highest BCUT2D eigenvalue weighted by molar-refractivity contribution is 7.91. The van der Waals surface area contributed by atoms with E-state index in [0.717, 1.165) is 24.2 Å². The molecule has 4 heteroatoms. The van der Waals surface area contributed by atoms with Gasteiger partial charge in [0.1, 0.15) is 21.8 Å². The first kappa shape index (κ1) is 12.6. The summed E-state index contributed by atoms with van der Waals surface area (Å²) < 4.78 is 16.2. The Morgan fingerprint density at radius 3 is 2.59 bits per heavy atom. The van der Waals surface area contributed by atoms with E-state index in [9.17, 15) is 4.55 Å². The van der Waals surface area contributed by atoms with Crippen LogP contribution in [0.2, 0.25) is 0 Å². The van der Waals surface area contributed by atoms with Gasteiger partial charge in [-0.3, -0.25) is 4.98 Å². The van der Waals surface area contributed by atoms with Crippen LogP contribution in [0.3, 0.4) is 0 Å². The lowest BCUT2D eigenvalue weighted by Gasteiger charge is -2.19. The molecule has 0 saturated heterocycles. The summed E-state index contributed by atoms with van der Waals surface area (Å²) in [6, 6.07) is 5.77. The molecule has 0 N–H and O–H groups in total. The number of hydrogen-bond acceptors (Lipinski definition) is 3. The second-order valence-corrected chi connectivity index (χ2v) is 7.23. The minimum absolute atomic E-state index is 0.311. The zero-order valence-corrected chi connectivity index (χ0v) is 11.3. The van der Waals surface area contributed by atoms with Crippen molar-refractivity contribution in [1.29, 1.82) is 0 Å². The number of hydrogen-bond donors (Lipinski definition) is 0. The number of aromatic nitrogens is 1. The van der Waals surface area contributed by atoms with Gasteiger partial charge < -0.3 is 4.55 Å². The number of pyridine rings is 1. The first-order valence-corrected chi connectivity index (χ1v) is 7.01. The molecule has 1 aromatic rings. The van der Waals surface area contributed by atoms with Crippen LogP contribution in [-0.2, 0) is 11.4 Å². The molecule has 1 aliphatic rings. The zero-order valence-electron chi connectivity index (χ0n) is 10.5. The highest BCUT2D eigenvalue weighted by Gasteiger charge is 2.34. The van der Waals surface area contributed by atoms with E-state index in [1.165, 1.54) is 0 Å². The smallest absolute Gasteiger partial charge is 0.144 e. The van der Waals surface area contributed by atoms with Gasteiger partial charge in [0.25, 0.3) is 0 Å². The van der Waals surface area contributed by atoms with Gasteiger partial charge >= 0.3 is 0 Å². The van der Waals surface area contributed by atoms with Crippen molar-refractivity contribution in [3.05, 3.63) is 30.1 Å². The minimum atomic E-state index is -1.20. The molecule has 17 heavy (non-hydrogen) atoms. The summed E-state index contributed by atoms with van der Waals surface area (Å²) in [7, 11) is 0. The average Bonchev–Trinajstić information content (AvgIpc) is 3.09. The molecule has 2 rings (SSSR count). The molecule has 0 amide bonds. The molecule has 0 unspecified atom stereocenters. The fourth-order valence-corrected chi connectivity index (χ4v) is 2.12. The van der Waals surface area contributed by atoms with Crippen LogP contribution in [0.1, 0.15) is 39.3 Å². The lowest BCUT2D eigenvalue weighted by molar-refractivity contribution is 0.561. The molecule has 0 spiro atoms. The van der Waals surface area contributed by atoms with Crippen LogP contribution < -0.4 is 0 Å². The summed E-state index contributed by atoms with van der Waals surface area (Å²) in [5, 5.41) is 0. The molecule has 1 saturated carbocycles. The summed E-state index contributed by atoms with van der Waals surface area (Å²) in [5.74, 6) is 0.455. The maximum atomic E-state index is 12.1. The zero-order chi connectivity index (χ0) is 12.5. The Kier molecular flexibility index (Phi) is 3.54. The number of nitrogens with zero attached hydrogens (tertiary/aromatic N) is 2. The minimum Gasteiger partial charge on any atom is -0.591 e. The summed E-state index contributed by atoms with van der Waals surface area (Å²) in [5.41, 5.74) is 1.78. The maximum absolute atomic E-state index is 12.1. The summed E-state index contributed by atoms with van der Waals surface area (Å²) in [4.78, 5) is 4.31. The molecule has 3 nitrogen and oxygen atoms in total. The van der Waals surface area contributed by atoms with Crippen molar-refractivity contribution in [2.45, 2.75) is 38.4 Å². The molecule has 0 bridgehead atoms. The molecule has 0 radical (unpaired) electrons. The van der Waals surface area contributed by atoms with Gasteiger partial charge in [0.2, 0.25) is 0 Å². The van der Waals surface area contributed by atoms with Gasteiger partial charge in [0, 0.05) is 12.1 Å². The second kappa shape index (κ2) is 4.78. The Labute approximate surface area is 106 Å². The van der Waals surface area contributed by atoms with Crippen molar-refractivity contribution in [3.8, 4) is 0 Å². The van der Waals surface area contributed by atoms with Gasteiger partial charge in [-0.1, -0.05) is 10.5 Å². The average molecular weight is 250 g/mol. The highest BCUT2D eigenvalue weighted by Crippen LogP contribution is 2.34. The van der Waals surface area contributed by atoms with Crippen LogP contribution in [0.5, 0.6) is 0 Å². The van der Waals surface area contributed by atoms with Crippen LogP contribution in [0.4, 0.5) is 0 Å². The van der Waals surface area contributed by atoms with Crippen LogP contribution in [0.15, 0.2) is 28.8 Å². The van der Waals surface area contributed by atoms with E-state index in [1.807, 2.05) is 39.0 Å². The summed E-state index contributed by atoms with van der Waals surface area (Å²) in [6.07, 6.45) is 4.03. The van der Waals surface area contributed by atoms with Gasteiger partial charge in [-0.25, -0.2) is 0 Å². The molecule has 1 aromatic heterocycles. The van der Waals surface area contributed by atoms with E-state index in [4.69, 9.17) is 0 Å². The molecular formula is C13H18N2OS. The van der Waals surface area contributed by atoms with Crippen molar-refractivity contribution in [3.63, 3.8) is 0 Å². The lowest BCUT2D eigenvalue weighted by atomic mass is 10.2. The summed E-state index contributed by atoms with van der Waals surface area (Å²) in [6.45, 7) is 5.82. The SMILES string of the molecule is CC(C)(C)[S@+]([O-])/N=C(/c1ccccn1)C1CC1. The Balaban J connectivity index is 2.27. The number of rotatable bonds is 3.